The fraction of sp³-hybridized carbons (Fsp3) is 0.682. The first kappa shape index (κ1) is 22.4. The molecule has 0 heterocycles. The number of rotatable bonds is 4. The second kappa shape index (κ2) is 7.37. The van der Waals surface area contributed by atoms with Crippen molar-refractivity contribution in [3.05, 3.63) is 34.9 Å². The lowest BCUT2D eigenvalue weighted by Gasteiger charge is -2.34. The zero-order valence-corrected chi connectivity index (χ0v) is 16.9. The van der Waals surface area contributed by atoms with Crippen LogP contribution < -0.4 is 5.32 Å². The van der Waals surface area contributed by atoms with E-state index in [0.717, 1.165) is 18.9 Å². The number of halogens is 7. The molecule has 0 aliphatic heterocycles. The summed E-state index contributed by atoms with van der Waals surface area (Å²) < 4.78 is 93.0. The lowest BCUT2D eigenvalue weighted by molar-refractivity contribution is -0.348. The van der Waals surface area contributed by atoms with Crippen LogP contribution in [-0.4, -0.2) is 24.3 Å². The van der Waals surface area contributed by atoms with E-state index in [1.807, 2.05) is 6.92 Å². The van der Waals surface area contributed by atoms with Crippen LogP contribution in [0.5, 0.6) is 0 Å². The first-order valence-corrected chi connectivity index (χ1v) is 10.6. The van der Waals surface area contributed by atoms with Gasteiger partial charge in [0.05, 0.1) is 0 Å². The van der Waals surface area contributed by atoms with E-state index in [-0.39, 0.29) is 36.1 Å². The fourth-order valence-corrected chi connectivity index (χ4v) is 5.44. The van der Waals surface area contributed by atoms with Crippen molar-refractivity contribution in [2.75, 3.05) is 0 Å². The van der Waals surface area contributed by atoms with Crippen molar-refractivity contribution in [3.63, 3.8) is 0 Å². The predicted octanol–water partition coefficient (Wildman–Crippen LogP) is 5.95. The summed E-state index contributed by atoms with van der Waals surface area (Å²) in [6, 6.07) is 2.62. The number of amides is 1. The Kier molecular flexibility index (Phi) is 5.33. The Morgan fingerprint density at radius 3 is 2.19 bits per heavy atom. The highest BCUT2D eigenvalue weighted by Gasteiger charge is 2.73. The molecule has 3 aliphatic carbocycles. The maximum absolute atomic E-state index is 14.4. The molecule has 0 aromatic heterocycles. The van der Waals surface area contributed by atoms with E-state index in [4.69, 9.17) is 0 Å². The number of nitrogens with one attached hydrogen (secondary N) is 1. The third-order valence-electron chi connectivity index (χ3n) is 7.33. The minimum atomic E-state index is -6.12. The molecule has 0 radical (unpaired) electrons. The quantitative estimate of drug-likeness (QED) is 0.564. The van der Waals surface area contributed by atoms with E-state index >= 15 is 0 Å². The summed E-state index contributed by atoms with van der Waals surface area (Å²) in [7, 11) is 0. The summed E-state index contributed by atoms with van der Waals surface area (Å²) in [5.41, 5.74) is -5.91. The molecule has 4 rings (SSSR count). The standard InChI is InChI=1S/C22H24F7NO/c1-11(12-2-3-12)30-19(31)18-9-8-16-15-7-5-14(10-13(15)4-6-17(16)18)20(23,21(24,25)26)22(27,28)29/h5,7,10-12,16-18H,2-4,6,8-9H2,1H3,(H,30,31)/t11-,16-,17+,18+/m0/s1. The van der Waals surface area contributed by atoms with Crippen molar-refractivity contribution < 1.29 is 35.5 Å². The monoisotopic (exact) mass is 451 g/mol. The number of aryl methyl sites for hydroxylation is 1. The van der Waals surface area contributed by atoms with Gasteiger partial charge >= 0.3 is 18.0 Å². The van der Waals surface area contributed by atoms with Gasteiger partial charge in [-0.1, -0.05) is 18.2 Å². The van der Waals surface area contributed by atoms with Gasteiger partial charge in [-0.3, -0.25) is 4.79 Å². The molecule has 1 amide bonds. The first-order chi connectivity index (χ1) is 14.3. The van der Waals surface area contributed by atoms with Crippen LogP contribution in [0.3, 0.4) is 0 Å². The number of alkyl halides is 7. The minimum Gasteiger partial charge on any atom is -0.353 e. The van der Waals surface area contributed by atoms with Crippen molar-refractivity contribution in [2.45, 2.75) is 75.4 Å². The van der Waals surface area contributed by atoms with E-state index in [2.05, 4.69) is 5.32 Å². The normalized spacial score (nSPS) is 27.4. The Labute approximate surface area is 175 Å². The van der Waals surface area contributed by atoms with Crippen LogP contribution in [-0.2, 0) is 16.9 Å². The van der Waals surface area contributed by atoms with Crippen LogP contribution in [0.2, 0.25) is 0 Å². The van der Waals surface area contributed by atoms with Gasteiger partial charge in [-0.25, -0.2) is 4.39 Å². The highest BCUT2D eigenvalue weighted by atomic mass is 19.4. The van der Waals surface area contributed by atoms with E-state index in [1.54, 1.807) is 0 Å². The molecule has 4 atom stereocenters. The Morgan fingerprint density at radius 1 is 0.968 bits per heavy atom. The van der Waals surface area contributed by atoms with Crippen molar-refractivity contribution in [1.29, 1.82) is 0 Å². The van der Waals surface area contributed by atoms with E-state index in [1.165, 1.54) is 6.07 Å². The summed E-state index contributed by atoms with van der Waals surface area (Å²) in [6.07, 6.45) is -8.09. The van der Waals surface area contributed by atoms with Gasteiger partial charge < -0.3 is 5.32 Å². The number of carbonyl (C=O) groups is 1. The van der Waals surface area contributed by atoms with Crippen molar-refractivity contribution in [3.8, 4) is 0 Å². The third-order valence-corrected chi connectivity index (χ3v) is 7.33. The molecule has 0 saturated heterocycles. The fourth-order valence-electron chi connectivity index (χ4n) is 5.44. The summed E-state index contributed by atoms with van der Waals surface area (Å²) in [5.74, 6) is 0.143. The molecular weight excluding hydrogens is 427 g/mol. The SMILES string of the molecule is C[C@H](NC(=O)[C@@H]1CC[C@H]2c3ccc(C(F)(C(F)(F)F)C(F)(F)F)cc3CC[C@@H]12)C1CC1. The molecule has 0 unspecified atom stereocenters. The summed E-state index contributed by atoms with van der Waals surface area (Å²) in [5, 5.41) is 3.06. The molecule has 2 nitrogen and oxygen atoms in total. The van der Waals surface area contributed by atoms with E-state index < -0.39 is 23.6 Å². The molecule has 31 heavy (non-hydrogen) atoms. The van der Waals surface area contributed by atoms with E-state index in [9.17, 15) is 35.5 Å². The topological polar surface area (TPSA) is 29.1 Å². The van der Waals surface area contributed by atoms with Crippen LogP contribution in [0.4, 0.5) is 30.7 Å². The number of fused-ring (bicyclic) bond motifs is 3. The number of hydrogen-bond acceptors (Lipinski definition) is 1. The summed E-state index contributed by atoms with van der Waals surface area (Å²) in [6.45, 7) is 1.98. The molecule has 0 bridgehead atoms. The van der Waals surface area contributed by atoms with Gasteiger partial charge in [-0.2, -0.15) is 26.3 Å². The average molecular weight is 451 g/mol. The first-order valence-electron chi connectivity index (χ1n) is 10.6. The van der Waals surface area contributed by atoms with E-state index in [0.29, 0.717) is 42.4 Å². The van der Waals surface area contributed by atoms with Gasteiger partial charge in [0.15, 0.2) is 0 Å². The molecule has 2 fully saturated rings. The van der Waals surface area contributed by atoms with Gasteiger partial charge in [0.1, 0.15) is 0 Å². The molecule has 0 spiro atoms. The Bertz CT molecular complexity index is 844. The Balaban J connectivity index is 1.58. The number of benzene rings is 1. The average Bonchev–Trinajstić information content (AvgIpc) is 3.43. The van der Waals surface area contributed by atoms with Crippen LogP contribution in [0.1, 0.15) is 61.6 Å². The zero-order chi connectivity index (χ0) is 22.8. The number of hydrogen-bond donors (Lipinski definition) is 1. The molecular formula is C22H24F7NO. The largest absolute Gasteiger partial charge is 0.435 e. The van der Waals surface area contributed by atoms with Crippen molar-refractivity contribution in [2.24, 2.45) is 17.8 Å². The van der Waals surface area contributed by atoms with Crippen LogP contribution in [0, 0.1) is 17.8 Å². The number of carbonyl (C=O) groups excluding carboxylic acids is 1. The Morgan fingerprint density at radius 2 is 1.61 bits per heavy atom. The van der Waals surface area contributed by atoms with Gasteiger partial charge in [-0.15, -0.1) is 0 Å². The lowest BCUT2D eigenvalue weighted by Crippen LogP contribution is -2.50. The third kappa shape index (κ3) is 3.71. The predicted molar refractivity (Wildman–Crippen MR) is 98.9 cm³/mol. The minimum absolute atomic E-state index is 0.00915. The molecule has 1 aromatic carbocycles. The Hall–Kier alpha value is -1.80. The maximum atomic E-state index is 14.4. The molecule has 9 heteroatoms. The van der Waals surface area contributed by atoms with Crippen LogP contribution in [0.15, 0.2) is 18.2 Å². The van der Waals surface area contributed by atoms with Gasteiger partial charge in [-0.05, 0) is 74.3 Å². The molecule has 172 valence electrons. The lowest BCUT2D eigenvalue weighted by atomic mass is 9.73. The molecule has 1 aromatic rings. The van der Waals surface area contributed by atoms with Crippen molar-refractivity contribution in [1.82, 2.24) is 5.32 Å². The summed E-state index contributed by atoms with van der Waals surface area (Å²) in [4.78, 5) is 12.8. The molecule has 3 aliphatic rings. The van der Waals surface area contributed by atoms with Crippen LogP contribution >= 0.6 is 0 Å². The second-order valence-electron chi connectivity index (χ2n) is 9.20. The van der Waals surface area contributed by atoms with Gasteiger partial charge in [0, 0.05) is 17.5 Å². The highest BCUT2D eigenvalue weighted by Crippen LogP contribution is 2.55. The zero-order valence-electron chi connectivity index (χ0n) is 16.9. The highest BCUT2D eigenvalue weighted by molar-refractivity contribution is 5.80. The molecule has 2 saturated carbocycles. The summed E-state index contributed by atoms with van der Waals surface area (Å²) >= 11 is 0. The van der Waals surface area contributed by atoms with Gasteiger partial charge in [0.25, 0.3) is 0 Å². The smallest absolute Gasteiger partial charge is 0.353 e. The second-order valence-corrected chi connectivity index (χ2v) is 9.20. The van der Waals surface area contributed by atoms with Gasteiger partial charge in [0.2, 0.25) is 5.91 Å². The maximum Gasteiger partial charge on any atom is 0.435 e. The van der Waals surface area contributed by atoms with Crippen molar-refractivity contribution >= 4 is 5.91 Å². The van der Waals surface area contributed by atoms with Crippen LogP contribution in [0.25, 0.3) is 0 Å². The molecule has 1 N–H and O–H groups in total.